The van der Waals surface area contributed by atoms with Crippen LogP contribution in [0.25, 0.3) is 0 Å². The molecule has 0 unspecified atom stereocenters. The number of benzene rings is 3. The van der Waals surface area contributed by atoms with Crippen LogP contribution in [0.1, 0.15) is 10.4 Å². The molecule has 8 heteroatoms. The smallest absolute Gasteiger partial charge is 0.289 e. The van der Waals surface area contributed by atoms with Crippen LogP contribution in [0.4, 0.5) is 11.4 Å². The molecule has 1 aliphatic rings. The lowest BCUT2D eigenvalue weighted by molar-refractivity contribution is -0.385. The van der Waals surface area contributed by atoms with Gasteiger partial charge in [-0.1, -0.05) is 24.3 Å². The Labute approximate surface area is 159 Å². The highest BCUT2D eigenvalue weighted by atomic mass is 16.6. The standard InChI is InChI=1S/C20H14N2O6/c1-26-16-8-4-5-9-17(16)27-12-10-14(22(24)25)19-18(11-12)28-15-7-3-2-6-13(15)21-20(19)23/h2-11H,1H3,(H,21,23). The molecule has 4 rings (SSSR count). The van der Waals surface area contributed by atoms with Gasteiger partial charge in [0.25, 0.3) is 11.6 Å². The van der Waals surface area contributed by atoms with Gasteiger partial charge in [-0.05, 0) is 24.3 Å². The summed E-state index contributed by atoms with van der Waals surface area (Å²) in [5, 5.41) is 14.3. The minimum atomic E-state index is -0.646. The Hall–Kier alpha value is -4.07. The summed E-state index contributed by atoms with van der Waals surface area (Å²) in [6, 6.07) is 16.3. The fraction of sp³-hybridized carbons (Fsp3) is 0.0500. The van der Waals surface area contributed by atoms with E-state index in [1.165, 1.54) is 19.2 Å². The predicted molar refractivity (Wildman–Crippen MR) is 101 cm³/mol. The second kappa shape index (κ2) is 6.92. The number of nitro groups is 1. The molecule has 140 valence electrons. The van der Waals surface area contributed by atoms with Crippen molar-refractivity contribution >= 4 is 17.3 Å². The normalized spacial score (nSPS) is 12.0. The van der Waals surface area contributed by atoms with Crippen LogP contribution in [0.15, 0.2) is 60.7 Å². The third-order valence-electron chi connectivity index (χ3n) is 4.13. The van der Waals surface area contributed by atoms with Crippen molar-refractivity contribution in [2.45, 2.75) is 0 Å². The Kier molecular flexibility index (Phi) is 4.29. The number of carbonyl (C=O) groups is 1. The van der Waals surface area contributed by atoms with Crippen molar-refractivity contribution < 1.29 is 23.9 Å². The molecule has 1 heterocycles. The van der Waals surface area contributed by atoms with E-state index in [2.05, 4.69) is 5.32 Å². The largest absolute Gasteiger partial charge is 0.493 e. The molecular weight excluding hydrogens is 364 g/mol. The van der Waals surface area contributed by atoms with Crippen molar-refractivity contribution in [2.24, 2.45) is 0 Å². The fourth-order valence-electron chi connectivity index (χ4n) is 2.88. The van der Waals surface area contributed by atoms with Gasteiger partial charge < -0.3 is 19.5 Å². The number of ether oxygens (including phenoxy) is 3. The van der Waals surface area contributed by atoms with E-state index in [0.717, 1.165) is 0 Å². The topological polar surface area (TPSA) is 99.9 Å². The van der Waals surface area contributed by atoms with Gasteiger partial charge in [0.05, 0.1) is 23.8 Å². The van der Waals surface area contributed by atoms with Crippen molar-refractivity contribution in [2.75, 3.05) is 12.4 Å². The highest BCUT2D eigenvalue weighted by molar-refractivity contribution is 6.10. The molecule has 0 radical (unpaired) electrons. The average Bonchev–Trinajstić information content (AvgIpc) is 2.83. The molecule has 8 nitrogen and oxygen atoms in total. The molecule has 1 aliphatic heterocycles. The summed E-state index contributed by atoms with van der Waals surface area (Å²) in [6.45, 7) is 0. The molecule has 0 fully saturated rings. The first-order valence-electron chi connectivity index (χ1n) is 8.28. The molecule has 1 amide bonds. The van der Waals surface area contributed by atoms with Crippen LogP contribution in [0.2, 0.25) is 0 Å². The lowest BCUT2D eigenvalue weighted by Crippen LogP contribution is -2.13. The first kappa shape index (κ1) is 17.3. The van der Waals surface area contributed by atoms with Crippen molar-refractivity contribution in [3.05, 3.63) is 76.3 Å². The Morgan fingerprint density at radius 3 is 2.46 bits per heavy atom. The Bertz CT molecular complexity index is 1100. The zero-order chi connectivity index (χ0) is 19.7. The van der Waals surface area contributed by atoms with Crippen LogP contribution in [0.5, 0.6) is 28.7 Å². The first-order valence-corrected chi connectivity index (χ1v) is 8.28. The summed E-state index contributed by atoms with van der Waals surface area (Å²) in [7, 11) is 1.49. The van der Waals surface area contributed by atoms with E-state index in [-0.39, 0.29) is 17.1 Å². The highest BCUT2D eigenvalue weighted by Gasteiger charge is 2.31. The molecule has 3 aromatic carbocycles. The predicted octanol–water partition coefficient (Wildman–Crippen LogP) is 4.75. The second-order valence-corrected chi connectivity index (χ2v) is 5.88. The molecule has 1 N–H and O–H groups in total. The number of nitrogens with one attached hydrogen (secondary N) is 1. The van der Waals surface area contributed by atoms with Crippen molar-refractivity contribution in [3.63, 3.8) is 0 Å². The van der Waals surface area contributed by atoms with Gasteiger partial charge in [0, 0.05) is 6.07 Å². The molecule has 3 aromatic rings. The summed E-state index contributed by atoms with van der Waals surface area (Å²) < 4.78 is 16.8. The average molecular weight is 378 g/mol. The lowest BCUT2D eigenvalue weighted by atomic mass is 10.1. The van der Waals surface area contributed by atoms with Crippen molar-refractivity contribution in [3.8, 4) is 28.7 Å². The van der Waals surface area contributed by atoms with Crippen LogP contribution in [-0.2, 0) is 0 Å². The van der Waals surface area contributed by atoms with Gasteiger partial charge in [-0.25, -0.2) is 0 Å². The van der Waals surface area contributed by atoms with Crippen LogP contribution in [0, 0.1) is 10.1 Å². The number of hydrogen-bond donors (Lipinski definition) is 1. The zero-order valence-corrected chi connectivity index (χ0v) is 14.7. The molecule has 0 atom stereocenters. The molecule has 0 spiro atoms. The minimum absolute atomic E-state index is 0.0292. The molecule has 0 saturated carbocycles. The number of amides is 1. The first-order chi connectivity index (χ1) is 13.6. The Morgan fingerprint density at radius 1 is 1.00 bits per heavy atom. The highest BCUT2D eigenvalue weighted by Crippen LogP contribution is 2.43. The van der Waals surface area contributed by atoms with E-state index in [9.17, 15) is 14.9 Å². The number of nitro benzene ring substituents is 1. The number of nitrogens with zero attached hydrogens (tertiary/aromatic N) is 1. The Morgan fingerprint density at radius 2 is 1.71 bits per heavy atom. The van der Waals surface area contributed by atoms with E-state index in [4.69, 9.17) is 14.2 Å². The van der Waals surface area contributed by atoms with E-state index < -0.39 is 16.5 Å². The zero-order valence-electron chi connectivity index (χ0n) is 14.7. The van der Waals surface area contributed by atoms with Gasteiger partial charge in [0.15, 0.2) is 28.6 Å². The van der Waals surface area contributed by atoms with Gasteiger partial charge in [-0.3, -0.25) is 14.9 Å². The van der Waals surface area contributed by atoms with Crippen molar-refractivity contribution in [1.82, 2.24) is 0 Å². The lowest BCUT2D eigenvalue weighted by Gasteiger charge is -2.12. The summed E-state index contributed by atoms with van der Waals surface area (Å²) >= 11 is 0. The maximum Gasteiger partial charge on any atom is 0.289 e. The molecule has 28 heavy (non-hydrogen) atoms. The fourth-order valence-corrected chi connectivity index (χ4v) is 2.88. The third kappa shape index (κ3) is 3.07. The van der Waals surface area contributed by atoms with Crippen LogP contribution in [0.3, 0.4) is 0 Å². The van der Waals surface area contributed by atoms with Crippen LogP contribution >= 0.6 is 0 Å². The maximum absolute atomic E-state index is 12.6. The number of anilines is 1. The van der Waals surface area contributed by atoms with E-state index in [1.54, 1.807) is 48.5 Å². The number of hydrogen-bond acceptors (Lipinski definition) is 6. The number of methoxy groups -OCH3 is 1. The van der Waals surface area contributed by atoms with Gasteiger partial charge in [-0.2, -0.15) is 0 Å². The van der Waals surface area contributed by atoms with Gasteiger partial charge in [0.1, 0.15) is 5.75 Å². The molecule has 0 aliphatic carbocycles. The third-order valence-corrected chi connectivity index (χ3v) is 4.13. The summed E-state index contributed by atoms with van der Waals surface area (Å²) in [4.78, 5) is 23.6. The maximum atomic E-state index is 12.6. The van der Waals surface area contributed by atoms with Gasteiger partial charge in [0.2, 0.25) is 0 Å². The molecule has 0 bridgehead atoms. The summed E-state index contributed by atoms with van der Waals surface area (Å²) in [5.41, 5.74) is -0.175. The summed E-state index contributed by atoms with van der Waals surface area (Å²) in [5.74, 6) is 0.749. The molecule has 0 saturated heterocycles. The number of rotatable bonds is 4. The van der Waals surface area contributed by atoms with Crippen LogP contribution < -0.4 is 19.5 Å². The summed E-state index contributed by atoms with van der Waals surface area (Å²) in [6.07, 6.45) is 0. The SMILES string of the molecule is COc1ccccc1Oc1cc2c(c([N+](=O)[O-])c1)C(=O)Nc1ccccc1O2. The minimum Gasteiger partial charge on any atom is -0.493 e. The van der Waals surface area contributed by atoms with Gasteiger partial charge >= 0.3 is 0 Å². The Balaban J connectivity index is 1.84. The number of para-hydroxylation sites is 4. The monoisotopic (exact) mass is 378 g/mol. The molecular formula is C20H14N2O6. The van der Waals surface area contributed by atoms with E-state index in [0.29, 0.717) is 22.9 Å². The van der Waals surface area contributed by atoms with E-state index >= 15 is 0 Å². The van der Waals surface area contributed by atoms with E-state index in [1.807, 2.05) is 0 Å². The second-order valence-electron chi connectivity index (χ2n) is 5.88. The number of carbonyl (C=O) groups excluding carboxylic acids is 1. The van der Waals surface area contributed by atoms with Crippen molar-refractivity contribution in [1.29, 1.82) is 0 Å². The number of fused-ring (bicyclic) bond motifs is 2. The van der Waals surface area contributed by atoms with Crippen LogP contribution in [-0.4, -0.2) is 17.9 Å². The van der Waals surface area contributed by atoms with Gasteiger partial charge in [-0.15, -0.1) is 0 Å². The molecule has 0 aromatic heterocycles. The quantitative estimate of drug-likeness (QED) is 0.519.